The van der Waals surface area contributed by atoms with Crippen molar-refractivity contribution in [2.75, 3.05) is 0 Å². The van der Waals surface area contributed by atoms with Crippen molar-refractivity contribution in [1.82, 2.24) is 0 Å². The van der Waals surface area contributed by atoms with Gasteiger partial charge in [-0.15, -0.1) is 6.58 Å². The van der Waals surface area contributed by atoms with Crippen molar-refractivity contribution in [1.29, 1.82) is 0 Å². The smallest absolute Gasteiger partial charge is 0.0480 e. The second-order valence-electron chi connectivity index (χ2n) is 3.05. The maximum absolute atomic E-state index is 3.68. The lowest BCUT2D eigenvalue weighted by Crippen LogP contribution is -2.16. The molecule has 0 aliphatic carbocycles. The quantitative estimate of drug-likeness (QED) is 0.391. The second-order valence-corrected chi connectivity index (χ2v) is 8.58. The van der Waals surface area contributed by atoms with Crippen molar-refractivity contribution >= 4 is 16.5 Å². The number of hydrogen-bond acceptors (Lipinski definition) is 0. The Morgan fingerprint density at radius 2 is 1.75 bits per heavy atom. The molecule has 0 saturated carbocycles. The lowest BCUT2D eigenvalue weighted by atomic mass is 10.8. The first-order valence-corrected chi connectivity index (χ1v) is 6.38. The van der Waals surface area contributed by atoms with Crippen molar-refractivity contribution in [3.05, 3.63) is 12.7 Å². The monoisotopic (exact) mass is 125 g/mol. The van der Waals surface area contributed by atoms with E-state index in [0.717, 1.165) is 0 Å². The topological polar surface area (TPSA) is 0 Å². The van der Waals surface area contributed by atoms with Crippen molar-refractivity contribution in [2.24, 2.45) is 0 Å². The molecule has 0 spiro atoms. The Balaban J connectivity index is 0. The number of rotatable bonds is 2. The summed E-state index contributed by atoms with van der Waals surface area (Å²) in [5.41, 5.74) is 0. The molecule has 0 N–H and O–H groups in total. The van der Waals surface area contributed by atoms with Gasteiger partial charge < -0.3 is 0 Å². The normalized spacial score (nSPS) is 9.88. The fourth-order valence-corrected chi connectivity index (χ4v) is 1.30. The Labute approximate surface area is 55.6 Å². The van der Waals surface area contributed by atoms with Gasteiger partial charge in [-0.2, -0.15) is 0 Å². The largest absolute Gasteiger partial charge is 0.103 e. The van der Waals surface area contributed by atoms with Gasteiger partial charge in [-0.3, -0.25) is 0 Å². The fourth-order valence-electron chi connectivity index (χ4n) is 0.433. The third-order valence-corrected chi connectivity index (χ3v) is 2.27. The summed E-state index contributed by atoms with van der Waals surface area (Å²) in [6, 6.07) is 1.24. The van der Waals surface area contributed by atoms with Crippen molar-refractivity contribution < 1.29 is 0 Å². The average molecular weight is 125 g/mol. The van der Waals surface area contributed by atoms with Crippen LogP contribution in [0.3, 0.4) is 0 Å². The average Bonchev–Trinajstić information content (AvgIpc) is 1.30. The highest BCUT2D eigenvalue weighted by Crippen LogP contribution is 2.06. The van der Waals surface area contributed by atoms with Gasteiger partial charge in [0.15, 0.2) is 0 Å². The van der Waals surface area contributed by atoms with Gasteiger partial charge in [0.05, 0.1) is 0 Å². The van der Waals surface area contributed by atoms with Crippen LogP contribution < -0.4 is 0 Å². The fraction of sp³-hybridized carbons (Fsp3) is 0.667. The van der Waals surface area contributed by atoms with Gasteiger partial charge in [-0.25, -0.2) is 0 Å². The van der Waals surface area contributed by atoms with Crippen LogP contribution in [0.2, 0.25) is 25.7 Å². The van der Waals surface area contributed by atoms with Gasteiger partial charge in [0.2, 0.25) is 0 Å². The summed E-state index contributed by atoms with van der Waals surface area (Å²) in [4.78, 5) is 0. The van der Waals surface area contributed by atoms with Crippen LogP contribution in [-0.2, 0) is 0 Å². The Kier molecular flexibility index (Phi) is 5.39. The van der Waals surface area contributed by atoms with Crippen LogP contribution in [0.5, 0.6) is 0 Å². The Morgan fingerprint density at radius 1 is 1.38 bits per heavy atom. The molecule has 0 nitrogen and oxygen atoms in total. The second kappa shape index (κ2) is 3.96. The van der Waals surface area contributed by atoms with E-state index >= 15 is 0 Å². The maximum Gasteiger partial charge on any atom is 0.0480 e. The van der Waals surface area contributed by atoms with Crippen LogP contribution in [0.4, 0.5) is 0 Å². The number of allylic oxidation sites excluding steroid dienone is 1. The molecule has 0 atom stereocenters. The van der Waals surface area contributed by atoms with E-state index in [9.17, 15) is 0 Å². The summed E-state index contributed by atoms with van der Waals surface area (Å²) in [7, 11) is -0.775. The summed E-state index contributed by atoms with van der Waals surface area (Å²) in [6.45, 7) is 10.7. The van der Waals surface area contributed by atoms with E-state index in [2.05, 4.69) is 26.2 Å². The minimum atomic E-state index is -0.775. The van der Waals surface area contributed by atoms with Crippen LogP contribution >= 0.6 is 0 Å². The molecule has 0 unspecified atom stereocenters. The molecule has 0 amide bonds. The Bertz CT molecular complexity index is 63.4. The van der Waals surface area contributed by atoms with Gasteiger partial charge in [0, 0.05) is 16.5 Å². The first kappa shape index (κ1) is 10.9. The van der Waals surface area contributed by atoms with Gasteiger partial charge >= 0.3 is 0 Å². The van der Waals surface area contributed by atoms with Gasteiger partial charge in [0.1, 0.15) is 0 Å². The SMILES string of the molecule is C=CC[Si](C)(C)C.[B]. The predicted molar refractivity (Wildman–Crippen MR) is 44.1 cm³/mol. The molecule has 45 valence electrons. The van der Waals surface area contributed by atoms with Crippen LogP contribution in [0.1, 0.15) is 0 Å². The molecule has 2 heteroatoms. The third kappa shape index (κ3) is 9.39. The molecule has 3 radical (unpaired) electrons. The summed E-state index contributed by atoms with van der Waals surface area (Å²) in [6.07, 6.45) is 2.02. The first-order valence-electron chi connectivity index (χ1n) is 2.67. The van der Waals surface area contributed by atoms with Crippen molar-refractivity contribution in [3.63, 3.8) is 0 Å². The van der Waals surface area contributed by atoms with Gasteiger partial charge in [0.25, 0.3) is 0 Å². The molecule has 0 saturated heterocycles. The summed E-state index contributed by atoms with van der Waals surface area (Å²) in [5, 5.41) is 0. The Hall–Kier alpha value is 0.0218. The van der Waals surface area contributed by atoms with Crippen LogP contribution in [0, 0.1) is 0 Å². The molecule has 0 rings (SSSR count). The molecular weight excluding hydrogens is 111 g/mol. The van der Waals surface area contributed by atoms with Crippen LogP contribution in [0.25, 0.3) is 0 Å². The molecule has 0 heterocycles. The van der Waals surface area contributed by atoms with E-state index in [-0.39, 0.29) is 8.41 Å². The molecule has 0 bridgehead atoms. The lowest BCUT2D eigenvalue weighted by molar-refractivity contribution is 1.52. The first-order chi connectivity index (χ1) is 3.06. The van der Waals surface area contributed by atoms with E-state index in [0.29, 0.717) is 0 Å². The zero-order valence-corrected chi connectivity index (χ0v) is 7.07. The van der Waals surface area contributed by atoms with Crippen molar-refractivity contribution in [2.45, 2.75) is 25.7 Å². The van der Waals surface area contributed by atoms with E-state index in [1.165, 1.54) is 6.04 Å². The minimum Gasteiger partial charge on any atom is -0.103 e. The standard InChI is InChI=1S/C6H14Si.B/c1-5-6-7(2,3)4;/h5H,1,6H2,2-4H3;. The van der Waals surface area contributed by atoms with Crippen LogP contribution in [-0.4, -0.2) is 16.5 Å². The molecule has 0 fully saturated rings. The van der Waals surface area contributed by atoms with E-state index < -0.39 is 8.07 Å². The third-order valence-electron chi connectivity index (χ3n) is 0.757. The number of hydrogen-bond donors (Lipinski definition) is 0. The molecule has 0 aliphatic rings. The van der Waals surface area contributed by atoms with E-state index in [4.69, 9.17) is 0 Å². The highest BCUT2D eigenvalue weighted by atomic mass is 28.3. The predicted octanol–water partition coefficient (Wildman–Crippen LogP) is 2.13. The lowest BCUT2D eigenvalue weighted by Gasteiger charge is -2.10. The minimum absolute atomic E-state index is 0. The zero-order chi connectivity index (χ0) is 5.91. The summed E-state index contributed by atoms with van der Waals surface area (Å²) >= 11 is 0. The molecule has 0 aromatic heterocycles. The summed E-state index contributed by atoms with van der Waals surface area (Å²) in [5.74, 6) is 0. The Morgan fingerprint density at radius 3 is 1.75 bits per heavy atom. The highest BCUT2D eigenvalue weighted by Gasteiger charge is 2.08. The molecule has 0 aliphatic heterocycles. The van der Waals surface area contributed by atoms with Gasteiger partial charge in [-0.05, 0) is 6.04 Å². The zero-order valence-electron chi connectivity index (χ0n) is 6.07. The van der Waals surface area contributed by atoms with Crippen LogP contribution in [0.15, 0.2) is 12.7 Å². The van der Waals surface area contributed by atoms with E-state index in [1.54, 1.807) is 0 Å². The van der Waals surface area contributed by atoms with Gasteiger partial charge in [-0.1, -0.05) is 25.7 Å². The molecule has 0 aromatic rings. The molecule has 0 aromatic carbocycles. The van der Waals surface area contributed by atoms with E-state index in [1.807, 2.05) is 6.08 Å². The maximum atomic E-state index is 3.68. The highest BCUT2D eigenvalue weighted by molar-refractivity contribution is 6.76. The van der Waals surface area contributed by atoms with Crippen molar-refractivity contribution in [3.8, 4) is 0 Å². The molecular formula is C6H14BSi. The molecule has 8 heavy (non-hydrogen) atoms. The summed E-state index contributed by atoms with van der Waals surface area (Å²) < 4.78 is 0.